The minimum atomic E-state index is -0.833. The third-order valence-electron chi connectivity index (χ3n) is 3.46. The summed E-state index contributed by atoms with van der Waals surface area (Å²) in [6.45, 7) is 4.16. The first-order valence-corrected chi connectivity index (χ1v) is 8.90. The van der Waals surface area contributed by atoms with Gasteiger partial charge in [0, 0.05) is 18.8 Å². The number of thioether (sulfide) groups is 1. The van der Waals surface area contributed by atoms with Crippen LogP contribution in [0.3, 0.4) is 0 Å². The molecule has 3 aromatic rings. The summed E-state index contributed by atoms with van der Waals surface area (Å²) in [7, 11) is 0. The minimum absolute atomic E-state index is 0.0195. The number of halogens is 2. The van der Waals surface area contributed by atoms with Gasteiger partial charge >= 0.3 is 0 Å². The maximum Gasteiger partial charge on any atom is 0.234 e. The molecule has 138 valence electrons. The smallest absolute Gasteiger partial charge is 0.234 e. The van der Waals surface area contributed by atoms with E-state index in [9.17, 15) is 13.6 Å². The van der Waals surface area contributed by atoms with Crippen LogP contribution in [0.4, 0.5) is 14.5 Å². The average molecular weight is 387 g/mol. The normalized spacial score (nSPS) is 10.6. The van der Waals surface area contributed by atoms with Gasteiger partial charge in [-0.2, -0.15) is 0 Å². The van der Waals surface area contributed by atoms with Crippen molar-refractivity contribution in [2.24, 2.45) is 0 Å². The average Bonchev–Trinajstić information content (AvgIpc) is 3.06. The lowest BCUT2D eigenvalue weighted by Gasteiger charge is -2.08. The maximum absolute atomic E-state index is 13.6. The Bertz CT molecular complexity index is 962. The van der Waals surface area contributed by atoms with E-state index < -0.39 is 17.5 Å². The lowest BCUT2D eigenvalue weighted by molar-refractivity contribution is -0.113. The zero-order valence-electron chi connectivity index (χ0n) is 14.1. The van der Waals surface area contributed by atoms with Gasteiger partial charge in [0.1, 0.15) is 17.3 Å². The number of rotatable bonds is 7. The predicted molar refractivity (Wildman–Crippen MR) is 99.2 cm³/mol. The number of hydrogen-bond donors (Lipinski definition) is 1. The van der Waals surface area contributed by atoms with E-state index in [4.69, 9.17) is 0 Å². The summed E-state index contributed by atoms with van der Waals surface area (Å²) in [4.78, 5) is 16.3. The highest BCUT2D eigenvalue weighted by atomic mass is 32.2. The summed E-state index contributed by atoms with van der Waals surface area (Å²) in [5, 5.41) is 11.2. The Labute approximate surface area is 158 Å². The molecular weight excluding hydrogens is 372 g/mol. The molecule has 3 rings (SSSR count). The van der Waals surface area contributed by atoms with E-state index in [-0.39, 0.29) is 11.4 Å². The Morgan fingerprint density at radius 2 is 2.11 bits per heavy atom. The van der Waals surface area contributed by atoms with Crippen molar-refractivity contribution in [1.82, 2.24) is 19.7 Å². The molecule has 0 saturated carbocycles. The summed E-state index contributed by atoms with van der Waals surface area (Å²) in [6.07, 6.45) is 3.34. The van der Waals surface area contributed by atoms with Crippen molar-refractivity contribution in [3.8, 4) is 11.5 Å². The number of nitrogens with zero attached hydrogens (tertiary/aromatic N) is 4. The summed E-state index contributed by atoms with van der Waals surface area (Å²) in [5.74, 6) is -1.45. The van der Waals surface area contributed by atoms with Crippen LogP contribution in [-0.2, 0) is 11.3 Å². The monoisotopic (exact) mass is 387 g/mol. The van der Waals surface area contributed by atoms with E-state index in [0.29, 0.717) is 29.3 Å². The minimum Gasteiger partial charge on any atom is -0.323 e. The first kappa shape index (κ1) is 18.7. The fraction of sp³-hybridized carbons (Fsp3) is 0.111. The molecular formula is C18H15F2N5OS. The van der Waals surface area contributed by atoms with Gasteiger partial charge in [0.15, 0.2) is 11.0 Å². The number of amides is 1. The number of carbonyl (C=O) groups is 1. The van der Waals surface area contributed by atoms with Crippen molar-refractivity contribution < 1.29 is 13.6 Å². The number of hydrogen-bond acceptors (Lipinski definition) is 5. The molecule has 0 aliphatic carbocycles. The van der Waals surface area contributed by atoms with Crippen LogP contribution in [0.15, 0.2) is 60.4 Å². The van der Waals surface area contributed by atoms with Crippen LogP contribution >= 0.6 is 11.8 Å². The molecule has 0 bridgehead atoms. The van der Waals surface area contributed by atoms with Gasteiger partial charge in [-0.05, 0) is 24.3 Å². The van der Waals surface area contributed by atoms with Crippen molar-refractivity contribution in [1.29, 1.82) is 0 Å². The van der Waals surface area contributed by atoms with Crippen molar-refractivity contribution in [2.75, 3.05) is 11.1 Å². The van der Waals surface area contributed by atoms with Gasteiger partial charge in [-0.15, -0.1) is 16.8 Å². The fourth-order valence-corrected chi connectivity index (χ4v) is 3.03. The van der Waals surface area contributed by atoms with Crippen LogP contribution in [0.2, 0.25) is 0 Å². The third kappa shape index (κ3) is 4.56. The predicted octanol–water partition coefficient (Wildman–Crippen LogP) is 3.54. The van der Waals surface area contributed by atoms with Crippen LogP contribution < -0.4 is 5.32 Å². The molecule has 1 amide bonds. The number of carbonyl (C=O) groups excluding carboxylic acids is 1. The highest BCUT2D eigenvalue weighted by molar-refractivity contribution is 7.99. The Morgan fingerprint density at radius 3 is 2.81 bits per heavy atom. The number of aromatic nitrogens is 4. The number of pyridine rings is 1. The Kier molecular flexibility index (Phi) is 5.92. The lowest BCUT2D eigenvalue weighted by atomic mass is 10.3. The molecule has 0 aliphatic rings. The fourth-order valence-electron chi connectivity index (χ4n) is 2.28. The molecule has 27 heavy (non-hydrogen) atoms. The van der Waals surface area contributed by atoms with Gasteiger partial charge in [0.25, 0.3) is 0 Å². The van der Waals surface area contributed by atoms with Crippen molar-refractivity contribution >= 4 is 23.4 Å². The van der Waals surface area contributed by atoms with Crippen molar-refractivity contribution in [3.05, 3.63) is 66.9 Å². The SMILES string of the molecule is C=CCn1c(SCC(=O)Nc2ccc(F)cc2F)nnc1-c1ccccn1. The number of anilines is 1. The molecule has 1 aromatic carbocycles. The first-order valence-electron chi connectivity index (χ1n) is 7.91. The number of allylic oxidation sites excluding steroid dienone is 1. The highest BCUT2D eigenvalue weighted by Crippen LogP contribution is 2.23. The van der Waals surface area contributed by atoms with Crippen molar-refractivity contribution in [2.45, 2.75) is 11.7 Å². The Hall–Kier alpha value is -3.07. The summed E-state index contributed by atoms with van der Waals surface area (Å²) in [6, 6.07) is 8.40. The second-order valence-electron chi connectivity index (χ2n) is 5.38. The van der Waals surface area contributed by atoms with Crippen LogP contribution in [0, 0.1) is 11.6 Å². The maximum atomic E-state index is 13.6. The van der Waals surface area contributed by atoms with E-state index in [0.717, 1.165) is 17.8 Å². The van der Waals surface area contributed by atoms with Gasteiger partial charge in [0.2, 0.25) is 5.91 Å². The molecule has 9 heteroatoms. The van der Waals surface area contributed by atoms with E-state index in [1.54, 1.807) is 22.9 Å². The molecule has 6 nitrogen and oxygen atoms in total. The molecule has 0 spiro atoms. The van der Waals surface area contributed by atoms with E-state index in [2.05, 4.69) is 27.1 Å². The van der Waals surface area contributed by atoms with E-state index >= 15 is 0 Å². The standard InChI is InChI=1S/C18H15F2N5OS/c1-2-9-25-17(15-5-3-4-8-21-15)23-24-18(25)27-11-16(26)22-14-7-6-12(19)10-13(14)20/h2-8,10H,1,9,11H2,(H,22,26). The van der Waals surface area contributed by atoms with Gasteiger partial charge in [-0.25, -0.2) is 8.78 Å². The summed E-state index contributed by atoms with van der Waals surface area (Å²) >= 11 is 1.14. The molecule has 0 saturated heterocycles. The topological polar surface area (TPSA) is 72.7 Å². The second kappa shape index (κ2) is 8.54. The highest BCUT2D eigenvalue weighted by Gasteiger charge is 2.16. The summed E-state index contributed by atoms with van der Waals surface area (Å²) < 4.78 is 28.3. The Morgan fingerprint density at radius 1 is 1.26 bits per heavy atom. The molecule has 0 unspecified atom stereocenters. The first-order chi connectivity index (χ1) is 13.1. The molecule has 1 N–H and O–H groups in total. The third-order valence-corrected chi connectivity index (χ3v) is 4.43. The zero-order valence-corrected chi connectivity index (χ0v) is 14.9. The van der Waals surface area contributed by atoms with E-state index in [1.807, 2.05) is 12.1 Å². The van der Waals surface area contributed by atoms with Gasteiger partial charge in [0.05, 0.1) is 11.4 Å². The Balaban J connectivity index is 1.71. The number of nitrogens with one attached hydrogen (secondary N) is 1. The lowest BCUT2D eigenvalue weighted by Crippen LogP contribution is -2.15. The van der Waals surface area contributed by atoms with Crippen LogP contribution in [0.1, 0.15) is 0 Å². The van der Waals surface area contributed by atoms with Crippen LogP contribution in [-0.4, -0.2) is 31.4 Å². The quantitative estimate of drug-likeness (QED) is 0.496. The van der Waals surface area contributed by atoms with E-state index in [1.165, 1.54) is 6.07 Å². The summed E-state index contributed by atoms with van der Waals surface area (Å²) in [5.41, 5.74) is 0.570. The zero-order chi connectivity index (χ0) is 19.2. The molecule has 0 fully saturated rings. The van der Waals surface area contributed by atoms with Gasteiger partial charge < -0.3 is 5.32 Å². The van der Waals surface area contributed by atoms with Gasteiger partial charge in [-0.1, -0.05) is 23.9 Å². The largest absolute Gasteiger partial charge is 0.323 e. The molecule has 2 aromatic heterocycles. The van der Waals surface area contributed by atoms with Crippen LogP contribution in [0.25, 0.3) is 11.5 Å². The van der Waals surface area contributed by atoms with Gasteiger partial charge in [-0.3, -0.25) is 14.3 Å². The molecule has 0 radical (unpaired) electrons. The van der Waals surface area contributed by atoms with Crippen molar-refractivity contribution in [3.63, 3.8) is 0 Å². The van der Waals surface area contributed by atoms with Crippen LogP contribution in [0.5, 0.6) is 0 Å². The second-order valence-corrected chi connectivity index (χ2v) is 6.32. The molecule has 0 aliphatic heterocycles. The molecule has 0 atom stereocenters. The molecule has 2 heterocycles. The number of benzene rings is 1.